The second kappa shape index (κ2) is 4.05. The molecule has 92 valence electrons. The van der Waals surface area contributed by atoms with E-state index in [1.165, 1.54) is 25.7 Å². The van der Waals surface area contributed by atoms with Gasteiger partial charge in [0.2, 0.25) is 0 Å². The molecule has 0 spiro atoms. The average molecular weight is 235 g/mol. The summed E-state index contributed by atoms with van der Waals surface area (Å²) in [7, 11) is 0. The van der Waals surface area contributed by atoms with Crippen LogP contribution in [-0.4, -0.2) is 17.2 Å². The molecule has 0 bridgehead atoms. The summed E-state index contributed by atoms with van der Waals surface area (Å²) in [6.45, 7) is 1.80. The Hall–Kier alpha value is -1.52. The molecule has 0 unspecified atom stereocenters. The summed E-state index contributed by atoms with van der Waals surface area (Å²) in [5, 5.41) is 9.44. The van der Waals surface area contributed by atoms with Gasteiger partial charge in [-0.05, 0) is 31.6 Å². The van der Waals surface area contributed by atoms with Gasteiger partial charge in [-0.15, -0.1) is 0 Å². The first-order valence-electron chi connectivity index (χ1n) is 6.25. The molecular formula is C12H17N3O2. The molecule has 2 saturated carbocycles. The van der Waals surface area contributed by atoms with Gasteiger partial charge in [-0.25, -0.2) is 4.79 Å². The maximum Gasteiger partial charge on any atom is 0.320 e. The van der Waals surface area contributed by atoms with Crippen molar-refractivity contribution in [1.29, 1.82) is 0 Å². The zero-order valence-corrected chi connectivity index (χ0v) is 9.90. The maximum absolute atomic E-state index is 11.7. The van der Waals surface area contributed by atoms with E-state index in [1.807, 2.05) is 0 Å². The number of nitrogens with zero attached hydrogens (tertiary/aromatic N) is 1. The van der Waals surface area contributed by atoms with Gasteiger partial charge in [-0.2, -0.15) is 0 Å². The topological polar surface area (TPSA) is 67.2 Å². The van der Waals surface area contributed by atoms with E-state index in [1.54, 1.807) is 13.0 Å². The van der Waals surface area contributed by atoms with Crippen molar-refractivity contribution in [2.75, 3.05) is 5.32 Å². The largest absolute Gasteiger partial charge is 0.360 e. The van der Waals surface area contributed by atoms with Crippen molar-refractivity contribution in [3.8, 4) is 0 Å². The standard InChI is InChI=1S/C12H17N3O2/c1-7-6-10(15-17-7)13-12(16)14-11-8-4-2-3-5-9(8)11/h6,8-9,11H,2-5H2,1H3,(H2,13,14,15,16)/t8-,9-/m0/s1. The maximum atomic E-state index is 11.7. The van der Waals surface area contributed by atoms with Gasteiger partial charge in [0.1, 0.15) is 5.76 Å². The number of hydrogen-bond donors (Lipinski definition) is 2. The Morgan fingerprint density at radius 3 is 2.71 bits per heavy atom. The normalized spacial score (nSPS) is 30.5. The Kier molecular flexibility index (Phi) is 2.53. The molecular weight excluding hydrogens is 218 g/mol. The molecule has 2 atom stereocenters. The Labute approximate surface area is 99.9 Å². The van der Waals surface area contributed by atoms with Crippen LogP contribution in [0.2, 0.25) is 0 Å². The minimum Gasteiger partial charge on any atom is -0.360 e. The number of nitrogens with one attached hydrogen (secondary N) is 2. The summed E-state index contributed by atoms with van der Waals surface area (Å²) in [4.78, 5) is 11.7. The van der Waals surface area contributed by atoms with Gasteiger partial charge < -0.3 is 9.84 Å². The van der Waals surface area contributed by atoms with Gasteiger partial charge in [0.25, 0.3) is 0 Å². The van der Waals surface area contributed by atoms with Crippen molar-refractivity contribution in [2.45, 2.75) is 38.6 Å². The van der Waals surface area contributed by atoms with Gasteiger partial charge in [0, 0.05) is 12.1 Å². The molecule has 2 aliphatic rings. The number of anilines is 1. The van der Waals surface area contributed by atoms with Crippen LogP contribution in [0, 0.1) is 18.8 Å². The fourth-order valence-electron chi connectivity index (χ4n) is 2.94. The monoisotopic (exact) mass is 235 g/mol. The molecule has 3 rings (SSSR count). The zero-order valence-electron chi connectivity index (χ0n) is 9.90. The SMILES string of the molecule is Cc1cc(NC(=O)NC2[C@H]3CCCC[C@H]23)no1. The number of aromatic nitrogens is 1. The molecule has 2 fully saturated rings. The van der Waals surface area contributed by atoms with Gasteiger partial charge >= 0.3 is 6.03 Å². The second-order valence-electron chi connectivity index (χ2n) is 5.06. The van der Waals surface area contributed by atoms with Gasteiger partial charge in [0.05, 0.1) is 0 Å². The molecule has 17 heavy (non-hydrogen) atoms. The summed E-state index contributed by atoms with van der Waals surface area (Å²) in [6, 6.07) is 1.92. The van der Waals surface area contributed by atoms with Crippen molar-refractivity contribution >= 4 is 11.8 Å². The average Bonchev–Trinajstić information content (AvgIpc) is 2.84. The minimum atomic E-state index is -0.169. The Morgan fingerprint density at radius 2 is 2.12 bits per heavy atom. The quantitative estimate of drug-likeness (QED) is 0.826. The van der Waals surface area contributed by atoms with Crippen LogP contribution in [0.1, 0.15) is 31.4 Å². The van der Waals surface area contributed by atoms with Crippen molar-refractivity contribution in [1.82, 2.24) is 10.5 Å². The van der Waals surface area contributed by atoms with Crippen molar-refractivity contribution in [3.05, 3.63) is 11.8 Å². The number of amides is 2. The Morgan fingerprint density at radius 1 is 1.41 bits per heavy atom. The van der Waals surface area contributed by atoms with E-state index in [9.17, 15) is 4.79 Å². The van der Waals surface area contributed by atoms with E-state index in [-0.39, 0.29) is 6.03 Å². The number of fused-ring (bicyclic) bond motifs is 1. The van der Waals surface area contributed by atoms with Crippen LogP contribution in [0.5, 0.6) is 0 Å². The van der Waals surface area contributed by atoms with Crippen LogP contribution in [0.15, 0.2) is 10.6 Å². The number of carbonyl (C=O) groups is 1. The molecule has 2 N–H and O–H groups in total. The molecule has 1 aromatic heterocycles. The number of urea groups is 1. The number of aryl methyl sites for hydroxylation is 1. The summed E-state index contributed by atoms with van der Waals surface area (Å²) in [5.41, 5.74) is 0. The lowest BCUT2D eigenvalue weighted by atomic mass is 10.0. The highest BCUT2D eigenvalue weighted by Gasteiger charge is 2.51. The van der Waals surface area contributed by atoms with Crippen LogP contribution in [0.4, 0.5) is 10.6 Å². The van der Waals surface area contributed by atoms with E-state index in [2.05, 4.69) is 15.8 Å². The first-order chi connectivity index (χ1) is 8.24. The molecule has 5 nitrogen and oxygen atoms in total. The molecule has 2 aliphatic carbocycles. The fraction of sp³-hybridized carbons (Fsp3) is 0.667. The lowest BCUT2D eigenvalue weighted by Gasteiger charge is -2.04. The molecule has 1 heterocycles. The first-order valence-corrected chi connectivity index (χ1v) is 6.25. The summed E-state index contributed by atoms with van der Waals surface area (Å²) in [6.07, 6.45) is 5.14. The Bertz CT molecular complexity index is 417. The predicted molar refractivity (Wildman–Crippen MR) is 62.6 cm³/mol. The lowest BCUT2D eigenvalue weighted by molar-refractivity contribution is 0.250. The van der Waals surface area contributed by atoms with Crippen molar-refractivity contribution in [3.63, 3.8) is 0 Å². The van der Waals surface area contributed by atoms with E-state index < -0.39 is 0 Å². The van der Waals surface area contributed by atoms with Crippen molar-refractivity contribution in [2.24, 2.45) is 11.8 Å². The minimum absolute atomic E-state index is 0.169. The van der Waals surface area contributed by atoms with Gasteiger partial charge in [-0.3, -0.25) is 5.32 Å². The zero-order chi connectivity index (χ0) is 11.8. The van der Waals surface area contributed by atoms with E-state index in [0.29, 0.717) is 29.5 Å². The molecule has 5 heteroatoms. The second-order valence-corrected chi connectivity index (χ2v) is 5.06. The van der Waals surface area contributed by atoms with Crippen LogP contribution in [0.25, 0.3) is 0 Å². The molecule has 0 aliphatic heterocycles. The molecule has 0 radical (unpaired) electrons. The highest BCUT2D eigenvalue weighted by atomic mass is 16.5. The number of carbonyl (C=O) groups excluding carboxylic acids is 1. The summed E-state index contributed by atoms with van der Waals surface area (Å²) >= 11 is 0. The summed E-state index contributed by atoms with van der Waals surface area (Å²) < 4.78 is 4.89. The Balaban J connectivity index is 1.51. The first kappa shape index (κ1) is 10.6. The summed E-state index contributed by atoms with van der Waals surface area (Å²) in [5.74, 6) is 2.60. The van der Waals surface area contributed by atoms with E-state index in [4.69, 9.17) is 4.52 Å². The highest BCUT2D eigenvalue weighted by Crippen LogP contribution is 2.49. The number of rotatable bonds is 2. The third-order valence-corrected chi connectivity index (χ3v) is 3.82. The predicted octanol–water partition coefficient (Wildman–Crippen LogP) is 2.29. The lowest BCUT2D eigenvalue weighted by Crippen LogP contribution is -2.32. The van der Waals surface area contributed by atoms with Crippen LogP contribution in [-0.2, 0) is 0 Å². The highest BCUT2D eigenvalue weighted by molar-refractivity contribution is 5.88. The third-order valence-electron chi connectivity index (χ3n) is 3.82. The van der Waals surface area contributed by atoms with Gasteiger partial charge in [-0.1, -0.05) is 18.0 Å². The molecule has 2 amide bonds. The van der Waals surface area contributed by atoms with Crippen LogP contribution < -0.4 is 10.6 Å². The van der Waals surface area contributed by atoms with Gasteiger partial charge in [0.15, 0.2) is 5.82 Å². The smallest absolute Gasteiger partial charge is 0.320 e. The number of hydrogen-bond acceptors (Lipinski definition) is 3. The molecule has 1 aromatic rings. The molecule has 0 aromatic carbocycles. The van der Waals surface area contributed by atoms with Crippen LogP contribution in [0.3, 0.4) is 0 Å². The fourth-order valence-corrected chi connectivity index (χ4v) is 2.94. The third kappa shape index (κ3) is 2.14. The van der Waals surface area contributed by atoms with Crippen molar-refractivity contribution < 1.29 is 9.32 Å². The van der Waals surface area contributed by atoms with Crippen LogP contribution >= 0.6 is 0 Å². The van der Waals surface area contributed by atoms with E-state index >= 15 is 0 Å². The molecule has 0 saturated heterocycles. The van der Waals surface area contributed by atoms with E-state index in [0.717, 1.165) is 0 Å².